The molecular weight excluding hydrogens is 414 g/mol. The minimum atomic E-state index is -0.0804. The summed E-state index contributed by atoms with van der Waals surface area (Å²) in [4.78, 5) is 24.1. The van der Waals surface area contributed by atoms with E-state index in [1.165, 1.54) is 0 Å². The number of carbonyl (C=O) groups is 1. The highest BCUT2D eigenvalue weighted by Gasteiger charge is 2.27. The number of rotatable bonds is 5. The second-order valence-corrected chi connectivity index (χ2v) is 8.38. The van der Waals surface area contributed by atoms with E-state index >= 15 is 0 Å². The third-order valence-electron chi connectivity index (χ3n) is 6.30. The van der Waals surface area contributed by atoms with Crippen LogP contribution in [0.2, 0.25) is 0 Å². The van der Waals surface area contributed by atoms with Crippen LogP contribution in [0.25, 0.3) is 16.6 Å². The minimum absolute atomic E-state index is 0.0576. The number of nitrogens with zero attached hydrogens (tertiary/aromatic N) is 4. The van der Waals surface area contributed by atoms with Gasteiger partial charge in [0.05, 0.1) is 18.5 Å². The number of amides is 1. The largest absolute Gasteiger partial charge is 0.497 e. The zero-order valence-electron chi connectivity index (χ0n) is 18.9. The lowest BCUT2D eigenvalue weighted by atomic mass is 9.96. The van der Waals surface area contributed by atoms with Gasteiger partial charge in [0.2, 0.25) is 5.91 Å². The van der Waals surface area contributed by atoms with E-state index in [1.807, 2.05) is 72.4 Å². The smallest absolute Gasteiger partial charge is 0.229 e. The number of pyridine rings is 1. The number of piperidine rings is 1. The van der Waals surface area contributed by atoms with Crippen LogP contribution in [0.5, 0.6) is 5.75 Å². The molecule has 2 aromatic carbocycles. The van der Waals surface area contributed by atoms with E-state index in [2.05, 4.69) is 20.2 Å². The standard InChI is InChI=1S/C26H27N5O2/c1-18-27-13-15-31(18)21-7-5-20(6-8-21)29-26(32)19-4-3-14-30(17-19)25-11-12-28-24-10-9-22(33-2)16-23(24)25/h5-13,15-16,19H,3-4,14,17H2,1-2H3,(H,29,32). The normalized spacial score (nSPS) is 16.1. The van der Waals surface area contributed by atoms with Crippen LogP contribution in [0.3, 0.4) is 0 Å². The zero-order valence-corrected chi connectivity index (χ0v) is 18.9. The second-order valence-electron chi connectivity index (χ2n) is 8.38. The van der Waals surface area contributed by atoms with Crippen LogP contribution in [0.4, 0.5) is 11.4 Å². The Hall–Kier alpha value is -3.87. The van der Waals surface area contributed by atoms with Crippen LogP contribution in [0.15, 0.2) is 67.1 Å². The Bertz CT molecular complexity index is 1280. The number of ether oxygens (including phenoxy) is 1. The fraction of sp³-hybridized carbons (Fsp3) is 0.269. The molecule has 7 heteroatoms. The van der Waals surface area contributed by atoms with Crippen LogP contribution >= 0.6 is 0 Å². The van der Waals surface area contributed by atoms with Crippen molar-refractivity contribution in [2.24, 2.45) is 5.92 Å². The summed E-state index contributed by atoms with van der Waals surface area (Å²) in [7, 11) is 1.67. The first-order valence-electron chi connectivity index (χ1n) is 11.2. The minimum Gasteiger partial charge on any atom is -0.497 e. The van der Waals surface area contributed by atoms with Gasteiger partial charge >= 0.3 is 0 Å². The average molecular weight is 442 g/mol. The first-order chi connectivity index (χ1) is 16.1. The Morgan fingerprint density at radius 2 is 1.94 bits per heavy atom. The van der Waals surface area contributed by atoms with Crippen molar-refractivity contribution in [3.63, 3.8) is 0 Å². The van der Waals surface area contributed by atoms with Crippen LogP contribution < -0.4 is 15.0 Å². The molecule has 4 aromatic rings. The van der Waals surface area contributed by atoms with Gasteiger partial charge in [0.15, 0.2) is 0 Å². The quantitative estimate of drug-likeness (QED) is 0.490. The summed E-state index contributed by atoms with van der Waals surface area (Å²) in [5.41, 5.74) is 3.84. The lowest BCUT2D eigenvalue weighted by molar-refractivity contribution is -0.120. The van der Waals surface area contributed by atoms with Gasteiger partial charge in [-0.1, -0.05) is 0 Å². The highest BCUT2D eigenvalue weighted by atomic mass is 16.5. The molecule has 1 amide bonds. The molecule has 0 bridgehead atoms. The molecule has 168 valence electrons. The van der Waals surface area contributed by atoms with E-state index in [4.69, 9.17) is 4.74 Å². The molecule has 0 spiro atoms. The molecule has 33 heavy (non-hydrogen) atoms. The van der Waals surface area contributed by atoms with Crippen molar-refractivity contribution >= 4 is 28.2 Å². The monoisotopic (exact) mass is 441 g/mol. The number of carbonyl (C=O) groups excluding carboxylic acids is 1. The van der Waals surface area contributed by atoms with E-state index in [9.17, 15) is 4.79 Å². The van der Waals surface area contributed by atoms with Gasteiger partial charge in [-0.15, -0.1) is 0 Å². The molecule has 1 unspecified atom stereocenters. The SMILES string of the molecule is COc1ccc2nccc(N3CCCC(C(=O)Nc4ccc(-n5ccnc5C)cc4)C3)c2c1. The maximum atomic E-state index is 13.1. The highest BCUT2D eigenvalue weighted by Crippen LogP contribution is 2.32. The molecular formula is C26H27N5O2. The van der Waals surface area contributed by atoms with E-state index in [0.717, 1.165) is 58.9 Å². The summed E-state index contributed by atoms with van der Waals surface area (Å²) in [5, 5.41) is 4.15. The zero-order chi connectivity index (χ0) is 22.8. The number of anilines is 2. The van der Waals surface area contributed by atoms with Crippen LogP contribution in [0.1, 0.15) is 18.7 Å². The van der Waals surface area contributed by atoms with Gasteiger partial charge in [0.1, 0.15) is 11.6 Å². The lowest BCUT2D eigenvalue weighted by Crippen LogP contribution is -2.40. The average Bonchev–Trinajstić information content (AvgIpc) is 3.29. The number of methoxy groups -OCH3 is 1. The molecule has 1 aliphatic heterocycles. The van der Waals surface area contributed by atoms with Crippen molar-refractivity contribution in [1.82, 2.24) is 14.5 Å². The molecule has 2 aromatic heterocycles. The second kappa shape index (κ2) is 8.94. The number of nitrogens with one attached hydrogen (secondary N) is 1. The Kier molecular flexibility index (Phi) is 5.69. The van der Waals surface area contributed by atoms with Crippen molar-refractivity contribution in [1.29, 1.82) is 0 Å². The molecule has 7 nitrogen and oxygen atoms in total. The van der Waals surface area contributed by atoms with Crippen molar-refractivity contribution in [2.75, 3.05) is 30.4 Å². The molecule has 1 saturated heterocycles. The number of benzene rings is 2. The molecule has 0 radical (unpaired) electrons. The topological polar surface area (TPSA) is 72.3 Å². The van der Waals surface area contributed by atoms with Crippen LogP contribution in [-0.2, 0) is 4.79 Å². The number of imidazole rings is 1. The summed E-state index contributed by atoms with van der Waals surface area (Å²) in [6.07, 6.45) is 7.38. The van der Waals surface area contributed by atoms with E-state index in [1.54, 1.807) is 13.3 Å². The van der Waals surface area contributed by atoms with Gasteiger partial charge < -0.3 is 19.5 Å². The van der Waals surface area contributed by atoms with Crippen LogP contribution in [-0.4, -0.2) is 40.6 Å². The van der Waals surface area contributed by atoms with Gasteiger partial charge in [-0.25, -0.2) is 4.98 Å². The number of hydrogen-bond acceptors (Lipinski definition) is 5. The van der Waals surface area contributed by atoms with Crippen molar-refractivity contribution in [3.05, 3.63) is 72.9 Å². The molecule has 0 saturated carbocycles. The fourth-order valence-electron chi connectivity index (χ4n) is 4.52. The number of fused-ring (bicyclic) bond motifs is 1. The summed E-state index contributed by atoms with van der Waals surface area (Å²) in [6.45, 7) is 3.56. The molecule has 1 atom stereocenters. The highest BCUT2D eigenvalue weighted by molar-refractivity contribution is 5.95. The van der Waals surface area contributed by atoms with Gasteiger partial charge in [0, 0.05) is 54.1 Å². The maximum absolute atomic E-state index is 13.1. The first kappa shape index (κ1) is 21.0. The fourth-order valence-corrected chi connectivity index (χ4v) is 4.52. The number of hydrogen-bond donors (Lipinski definition) is 1. The van der Waals surface area contributed by atoms with E-state index in [0.29, 0.717) is 6.54 Å². The van der Waals surface area contributed by atoms with Gasteiger partial charge in [-0.2, -0.15) is 0 Å². The summed E-state index contributed by atoms with van der Waals surface area (Å²) in [5.74, 6) is 1.71. The molecule has 1 fully saturated rings. The number of aryl methyl sites for hydroxylation is 1. The van der Waals surface area contributed by atoms with Crippen LogP contribution in [0, 0.1) is 12.8 Å². The molecule has 1 N–H and O–H groups in total. The summed E-state index contributed by atoms with van der Waals surface area (Å²) >= 11 is 0. The predicted molar refractivity (Wildman–Crippen MR) is 130 cm³/mol. The van der Waals surface area contributed by atoms with Crippen molar-refractivity contribution in [3.8, 4) is 11.4 Å². The van der Waals surface area contributed by atoms with Crippen molar-refractivity contribution < 1.29 is 9.53 Å². The third kappa shape index (κ3) is 4.26. The number of aromatic nitrogens is 3. The molecule has 3 heterocycles. The Morgan fingerprint density at radius 1 is 1.09 bits per heavy atom. The Labute approximate surface area is 193 Å². The Balaban J connectivity index is 1.31. The molecule has 5 rings (SSSR count). The van der Waals surface area contributed by atoms with E-state index < -0.39 is 0 Å². The summed E-state index contributed by atoms with van der Waals surface area (Å²) < 4.78 is 7.43. The third-order valence-corrected chi connectivity index (χ3v) is 6.30. The van der Waals surface area contributed by atoms with E-state index in [-0.39, 0.29) is 11.8 Å². The summed E-state index contributed by atoms with van der Waals surface area (Å²) in [6, 6.07) is 15.8. The van der Waals surface area contributed by atoms with Gasteiger partial charge in [0.25, 0.3) is 0 Å². The predicted octanol–water partition coefficient (Wildman–Crippen LogP) is 4.59. The first-order valence-corrected chi connectivity index (χ1v) is 11.2. The van der Waals surface area contributed by atoms with Crippen molar-refractivity contribution in [2.45, 2.75) is 19.8 Å². The lowest BCUT2D eigenvalue weighted by Gasteiger charge is -2.34. The van der Waals surface area contributed by atoms with Gasteiger partial charge in [-0.05, 0) is 68.3 Å². The Morgan fingerprint density at radius 3 is 2.70 bits per heavy atom. The van der Waals surface area contributed by atoms with Gasteiger partial charge in [-0.3, -0.25) is 9.78 Å². The molecule has 1 aliphatic rings. The maximum Gasteiger partial charge on any atom is 0.229 e. The molecule has 0 aliphatic carbocycles.